The summed E-state index contributed by atoms with van der Waals surface area (Å²) in [7, 11) is 1.79. The number of carbonyl (C=O) groups is 1. The highest BCUT2D eigenvalue weighted by atomic mass is 79.9. The van der Waals surface area contributed by atoms with Crippen LogP contribution in [0.25, 0.3) is 0 Å². The Hall–Kier alpha value is -2.28. The van der Waals surface area contributed by atoms with E-state index in [9.17, 15) is 4.79 Å². The summed E-state index contributed by atoms with van der Waals surface area (Å²) in [6.07, 6.45) is 1.53. The van der Waals surface area contributed by atoms with Gasteiger partial charge >= 0.3 is 0 Å². The lowest BCUT2D eigenvalue weighted by Gasteiger charge is -2.36. The highest BCUT2D eigenvalue weighted by molar-refractivity contribution is 9.10. The summed E-state index contributed by atoms with van der Waals surface area (Å²) < 4.78 is 6.29. The largest absolute Gasteiger partial charge is 0.459 e. The van der Waals surface area contributed by atoms with Gasteiger partial charge in [-0.25, -0.2) is 0 Å². The fourth-order valence-electron chi connectivity index (χ4n) is 3.04. The summed E-state index contributed by atoms with van der Waals surface area (Å²) in [5, 5.41) is 3.43. The Balaban J connectivity index is 1.54. The minimum atomic E-state index is -0.0527. The molecule has 1 aliphatic heterocycles. The molecule has 0 saturated carbocycles. The van der Waals surface area contributed by atoms with Crippen LogP contribution in [0, 0.1) is 6.92 Å². The number of rotatable bonds is 3. The predicted octanol–water partition coefficient (Wildman–Crippen LogP) is 2.88. The van der Waals surface area contributed by atoms with Gasteiger partial charge in [-0.05, 0) is 42.3 Å². The second kappa shape index (κ2) is 8.40. The van der Waals surface area contributed by atoms with E-state index in [4.69, 9.17) is 4.42 Å². The number of piperazine rings is 1. The summed E-state index contributed by atoms with van der Waals surface area (Å²) in [5.74, 6) is 1.20. The number of furan rings is 1. The van der Waals surface area contributed by atoms with Crippen molar-refractivity contribution in [1.82, 2.24) is 15.1 Å². The van der Waals surface area contributed by atoms with Gasteiger partial charge in [-0.15, -0.1) is 0 Å². The van der Waals surface area contributed by atoms with Crippen LogP contribution in [0.2, 0.25) is 0 Å². The number of aliphatic imine (C=N–C) groups is 1. The van der Waals surface area contributed by atoms with Gasteiger partial charge in [0, 0.05) is 44.2 Å². The molecule has 3 rings (SSSR count). The van der Waals surface area contributed by atoms with Crippen LogP contribution in [0.5, 0.6) is 0 Å². The van der Waals surface area contributed by atoms with E-state index in [1.165, 1.54) is 17.4 Å². The normalized spacial score (nSPS) is 15.3. The van der Waals surface area contributed by atoms with Crippen LogP contribution in [-0.4, -0.2) is 54.9 Å². The zero-order valence-corrected chi connectivity index (χ0v) is 16.6. The van der Waals surface area contributed by atoms with Crippen LogP contribution in [0.15, 0.2) is 50.5 Å². The number of benzene rings is 1. The number of amides is 1. The second-order valence-electron chi connectivity index (χ2n) is 6.23. The van der Waals surface area contributed by atoms with Crippen molar-refractivity contribution in [1.29, 1.82) is 0 Å². The number of nitrogens with one attached hydrogen (secondary N) is 1. The van der Waals surface area contributed by atoms with E-state index in [1.807, 2.05) is 11.0 Å². The highest BCUT2D eigenvalue weighted by Crippen LogP contribution is 2.16. The van der Waals surface area contributed by atoms with Crippen LogP contribution in [0.1, 0.15) is 21.7 Å². The number of guanidine groups is 1. The molecule has 0 radical (unpaired) electrons. The average Bonchev–Trinajstić information content (AvgIpc) is 3.18. The third-order valence-electron chi connectivity index (χ3n) is 4.55. The molecule has 2 aromatic rings. The standard InChI is InChI=1S/C19H23BrN4O2/c1-14-12-16(20)6-5-15(14)13-22-19(21-2)24-9-7-23(8-10-24)18(25)17-4-3-11-26-17/h3-6,11-12H,7-10,13H2,1-2H3,(H,21,22). The number of aryl methyl sites for hydroxylation is 1. The van der Waals surface area contributed by atoms with Crippen molar-refractivity contribution in [2.75, 3.05) is 33.2 Å². The van der Waals surface area contributed by atoms with Crippen molar-refractivity contribution in [3.05, 3.63) is 58.0 Å². The molecule has 0 spiro atoms. The molecule has 1 saturated heterocycles. The molecule has 2 heterocycles. The third-order valence-corrected chi connectivity index (χ3v) is 5.05. The first-order chi connectivity index (χ1) is 12.6. The lowest BCUT2D eigenvalue weighted by atomic mass is 10.1. The first-order valence-electron chi connectivity index (χ1n) is 8.62. The van der Waals surface area contributed by atoms with Crippen molar-refractivity contribution in [2.24, 2.45) is 4.99 Å². The predicted molar refractivity (Wildman–Crippen MR) is 105 cm³/mol. The first kappa shape index (κ1) is 18.5. The summed E-state index contributed by atoms with van der Waals surface area (Å²) in [5.41, 5.74) is 2.47. The van der Waals surface area contributed by atoms with E-state index in [1.54, 1.807) is 19.2 Å². The van der Waals surface area contributed by atoms with Gasteiger partial charge in [-0.3, -0.25) is 9.79 Å². The number of hydrogen-bond acceptors (Lipinski definition) is 3. The SMILES string of the molecule is CN=C(NCc1ccc(Br)cc1C)N1CCN(C(=O)c2ccco2)CC1. The molecule has 6 nitrogen and oxygen atoms in total. The van der Waals surface area contributed by atoms with Crippen molar-refractivity contribution in [2.45, 2.75) is 13.5 Å². The molecule has 1 fully saturated rings. The topological polar surface area (TPSA) is 61.1 Å². The van der Waals surface area contributed by atoms with Crippen molar-refractivity contribution in [3.63, 3.8) is 0 Å². The monoisotopic (exact) mass is 418 g/mol. The van der Waals surface area contributed by atoms with Crippen LogP contribution >= 0.6 is 15.9 Å². The summed E-state index contributed by atoms with van der Waals surface area (Å²) in [6, 6.07) is 9.71. The average molecular weight is 419 g/mol. The second-order valence-corrected chi connectivity index (χ2v) is 7.14. The van der Waals surface area contributed by atoms with Crippen molar-refractivity contribution >= 4 is 27.8 Å². The van der Waals surface area contributed by atoms with E-state index < -0.39 is 0 Å². The highest BCUT2D eigenvalue weighted by Gasteiger charge is 2.25. The van der Waals surface area contributed by atoms with Gasteiger partial charge in [0.15, 0.2) is 11.7 Å². The van der Waals surface area contributed by atoms with E-state index in [0.717, 1.165) is 30.1 Å². The van der Waals surface area contributed by atoms with E-state index >= 15 is 0 Å². The maximum atomic E-state index is 12.3. The summed E-state index contributed by atoms with van der Waals surface area (Å²) in [4.78, 5) is 20.7. The van der Waals surface area contributed by atoms with E-state index in [2.05, 4.69) is 50.2 Å². The Labute approximate surface area is 162 Å². The van der Waals surface area contributed by atoms with Gasteiger partial charge in [0.1, 0.15) is 0 Å². The van der Waals surface area contributed by atoms with Gasteiger partial charge < -0.3 is 19.5 Å². The molecule has 1 amide bonds. The molecule has 26 heavy (non-hydrogen) atoms. The van der Waals surface area contributed by atoms with Gasteiger partial charge in [0.05, 0.1) is 6.26 Å². The molecular formula is C19H23BrN4O2. The zero-order chi connectivity index (χ0) is 18.5. The maximum Gasteiger partial charge on any atom is 0.289 e. The van der Waals surface area contributed by atoms with Gasteiger partial charge in [0.2, 0.25) is 0 Å². The first-order valence-corrected chi connectivity index (χ1v) is 9.41. The Morgan fingerprint density at radius 1 is 1.23 bits per heavy atom. The fraction of sp³-hybridized carbons (Fsp3) is 0.368. The van der Waals surface area contributed by atoms with Gasteiger partial charge in [-0.2, -0.15) is 0 Å². The number of carbonyl (C=O) groups excluding carboxylic acids is 1. The molecule has 7 heteroatoms. The van der Waals surface area contributed by atoms with Crippen molar-refractivity contribution in [3.8, 4) is 0 Å². The lowest BCUT2D eigenvalue weighted by molar-refractivity contribution is 0.0657. The molecule has 1 aromatic heterocycles. The summed E-state index contributed by atoms with van der Waals surface area (Å²) >= 11 is 3.49. The third kappa shape index (κ3) is 4.27. The lowest BCUT2D eigenvalue weighted by Crippen LogP contribution is -2.53. The smallest absolute Gasteiger partial charge is 0.289 e. The molecular weight excluding hydrogens is 396 g/mol. The Morgan fingerprint density at radius 2 is 1.96 bits per heavy atom. The molecule has 0 atom stereocenters. The minimum Gasteiger partial charge on any atom is -0.459 e. The molecule has 0 aliphatic carbocycles. The zero-order valence-electron chi connectivity index (χ0n) is 15.0. The molecule has 1 aromatic carbocycles. The number of hydrogen-bond donors (Lipinski definition) is 1. The maximum absolute atomic E-state index is 12.3. The molecule has 1 aliphatic rings. The molecule has 138 valence electrons. The Kier molecular flexibility index (Phi) is 5.98. The van der Waals surface area contributed by atoms with E-state index in [0.29, 0.717) is 18.8 Å². The van der Waals surface area contributed by atoms with Crippen molar-refractivity contribution < 1.29 is 9.21 Å². The molecule has 1 N–H and O–H groups in total. The van der Waals surface area contributed by atoms with Gasteiger partial charge in [-0.1, -0.05) is 22.0 Å². The quantitative estimate of drug-likeness (QED) is 0.614. The summed E-state index contributed by atoms with van der Waals surface area (Å²) in [6.45, 7) is 5.60. The minimum absolute atomic E-state index is 0.0527. The number of nitrogens with zero attached hydrogens (tertiary/aromatic N) is 3. The Bertz CT molecular complexity index is 781. The fourth-order valence-corrected chi connectivity index (χ4v) is 3.52. The van der Waals surface area contributed by atoms with Gasteiger partial charge in [0.25, 0.3) is 5.91 Å². The molecule has 0 unspecified atom stereocenters. The number of halogens is 1. The Morgan fingerprint density at radius 3 is 2.58 bits per heavy atom. The van der Waals surface area contributed by atoms with Crippen LogP contribution in [0.4, 0.5) is 0 Å². The van der Waals surface area contributed by atoms with Crippen LogP contribution in [0.3, 0.4) is 0 Å². The molecule has 0 bridgehead atoms. The van der Waals surface area contributed by atoms with Crippen LogP contribution < -0.4 is 5.32 Å². The van der Waals surface area contributed by atoms with E-state index in [-0.39, 0.29) is 5.91 Å². The van der Waals surface area contributed by atoms with Crippen LogP contribution in [-0.2, 0) is 6.54 Å².